The number of carbonyl (C=O) groups is 2. The second kappa shape index (κ2) is 9.40. The standard InChI is InChI=1S/C24H24F2N2O5/c1-11(2)21-18(14-5-7-15(25)8-6-14)16-9-10-17(30)20(26)19(16)23(28-21)33-12(3)22(24(31)32)27-13(4)29/h5-12,22,30H,1-4H3,(H,27,29)(H,31,32)/t12-,22+/m1/s1. The van der Waals surface area contributed by atoms with Crippen LogP contribution >= 0.6 is 0 Å². The highest BCUT2D eigenvalue weighted by Gasteiger charge is 2.30. The number of phenolic OH excluding ortho intramolecular Hbond substituents is 1. The number of nitrogens with one attached hydrogen (secondary N) is 1. The van der Waals surface area contributed by atoms with Gasteiger partial charge >= 0.3 is 5.97 Å². The van der Waals surface area contributed by atoms with Crippen LogP contribution in [-0.4, -0.2) is 39.2 Å². The molecule has 174 valence electrons. The molecule has 1 heterocycles. The number of pyridine rings is 1. The summed E-state index contributed by atoms with van der Waals surface area (Å²) in [7, 11) is 0. The van der Waals surface area contributed by atoms with Gasteiger partial charge in [0.2, 0.25) is 11.8 Å². The number of halogens is 2. The summed E-state index contributed by atoms with van der Waals surface area (Å²) >= 11 is 0. The van der Waals surface area contributed by atoms with Crippen molar-refractivity contribution in [1.29, 1.82) is 0 Å². The fourth-order valence-electron chi connectivity index (χ4n) is 3.61. The Bertz CT molecular complexity index is 1210. The molecule has 0 aliphatic rings. The first-order valence-corrected chi connectivity index (χ1v) is 10.3. The van der Waals surface area contributed by atoms with E-state index in [0.29, 0.717) is 22.2 Å². The highest BCUT2D eigenvalue weighted by Crippen LogP contribution is 2.42. The van der Waals surface area contributed by atoms with Gasteiger partial charge < -0.3 is 20.3 Å². The van der Waals surface area contributed by atoms with Crippen LogP contribution in [0.25, 0.3) is 21.9 Å². The van der Waals surface area contributed by atoms with Crippen LogP contribution in [0.4, 0.5) is 8.78 Å². The molecule has 0 saturated heterocycles. The van der Waals surface area contributed by atoms with Gasteiger partial charge in [-0.25, -0.2) is 18.6 Å². The Hall–Kier alpha value is -3.75. The predicted octanol–water partition coefficient (Wildman–Crippen LogP) is 4.37. The molecule has 9 heteroatoms. The molecule has 0 saturated carbocycles. The first-order chi connectivity index (χ1) is 15.5. The number of amides is 1. The topological polar surface area (TPSA) is 109 Å². The molecular weight excluding hydrogens is 434 g/mol. The van der Waals surface area contributed by atoms with Gasteiger partial charge in [0, 0.05) is 12.5 Å². The first kappa shape index (κ1) is 23.9. The average molecular weight is 458 g/mol. The largest absolute Gasteiger partial charge is 0.505 e. The maximum atomic E-state index is 15.2. The van der Waals surface area contributed by atoms with E-state index in [9.17, 15) is 24.2 Å². The van der Waals surface area contributed by atoms with E-state index >= 15 is 4.39 Å². The summed E-state index contributed by atoms with van der Waals surface area (Å²) in [6, 6.07) is 6.92. The molecule has 7 nitrogen and oxygen atoms in total. The minimum Gasteiger partial charge on any atom is -0.505 e. The molecule has 1 aromatic heterocycles. The summed E-state index contributed by atoms with van der Waals surface area (Å²) in [5.74, 6) is -4.37. The number of aliphatic carboxylic acids is 1. The van der Waals surface area contributed by atoms with E-state index in [1.807, 2.05) is 13.8 Å². The number of hydrogen-bond acceptors (Lipinski definition) is 5. The van der Waals surface area contributed by atoms with E-state index in [2.05, 4.69) is 10.3 Å². The number of nitrogens with zero attached hydrogens (tertiary/aromatic N) is 1. The molecule has 33 heavy (non-hydrogen) atoms. The summed E-state index contributed by atoms with van der Waals surface area (Å²) in [6.07, 6.45) is -1.12. The van der Waals surface area contributed by atoms with E-state index in [1.165, 1.54) is 38.1 Å². The fourth-order valence-corrected chi connectivity index (χ4v) is 3.61. The number of ether oxygens (including phenoxy) is 1. The number of aromatic nitrogens is 1. The Morgan fingerprint density at radius 3 is 2.24 bits per heavy atom. The number of carbonyl (C=O) groups excluding carboxylic acids is 1. The fraction of sp³-hybridized carbons (Fsp3) is 0.292. The van der Waals surface area contributed by atoms with Crippen molar-refractivity contribution < 1.29 is 33.3 Å². The quantitative estimate of drug-likeness (QED) is 0.485. The van der Waals surface area contributed by atoms with Crippen LogP contribution in [0.5, 0.6) is 11.6 Å². The van der Waals surface area contributed by atoms with Crippen molar-refractivity contribution >= 4 is 22.6 Å². The van der Waals surface area contributed by atoms with Gasteiger partial charge in [0.05, 0.1) is 11.1 Å². The summed E-state index contributed by atoms with van der Waals surface area (Å²) in [6.45, 7) is 6.30. The van der Waals surface area contributed by atoms with Crippen molar-refractivity contribution in [1.82, 2.24) is 10.3 Å². The van der Waals surface area contributed by atoms with Crippen LogP contribution in [0.1, 0.15) is 39.3 Å². The zero-order valence-electron chi connectivity index (χ0n) is 18.5. The van der Waals surface area contributed by atoms with Crippen molar-refractivity contribution in [2.45, 2.75) is 45.8 Å². The van der Waals surface area contributed by atoms with E-state index < -0.39 is 41.4 Å². The van der Waals surface area contributed by atoms with Crippen molar-refractivity contribution in [2.75, 3.05) is 0 Å². The number of aromatic hydroxyl groups is 1. The highest BCUT2D eigenvalue weighted by molar-refractivity contribution is 6.01. The van der Waals surface area contributed by atoms with Crippen molar-refractivity contribution in [3.05, 3.63) is 53.7 Å². The predicted molar refractivity (Wildman–Crippen MR) is 118 cm³/mol. The minimum atomic E-state index is -1.42. The lowest BCUT2D eigenvalue weighted by Gasteiger charge is -2.24. The number of rotatable bonds is 7. The lowest BCUT2D eigenvalue weighted by atomic mass is 9.92. The smallest absolute Gasteiger partial charge is 0.330 e. The molecular formula is C24H24F2N2O5. The molecule has 0 unspecified atom stereocenters. The molecule has 3 rings (SSSR count). The van der Waals surface area contributed by atoms with Gasteiger partial charge in [0.15, 0.2) is 17.6 Å². The van der Waals surface area contributed by atoms with Gasteiger partial charge in [-0.1, -0.05) is 26.0 Å². The van der Waals surface area contributed by atoms with Crippen LogP contribution in [0.3, 0.4) is 0 Å². The second-order valence-electron chi connectivity index (χ2n) is 8.00. The maximum absolute atomic E-state index is 15.2. The van der Waals surface area contributed by atoms with Crippen LogP contribution < -0.4 is 10.1 Å². The molecule has 0 bridgehead atoms. The molecule has 2 atom stereocenters. The summed E-state index contributed by atoms with van der Waals surface area (Å²) in [5.41, 5.74) is 1.63. The molecule has 0 fully saturated rings. The number of hydrogen-bond donors (Lipinski definition) is 3. The molecule has 0 radical (unpaired) electrons. The highest BCUT2D eigenvalue weighted by atomic mass is 19.1. The lowest BCUT2D eigenvalue weighted by molar-refractivity contribution is -0.144. The van der Waals surface area contributed by atoms with E-state index in [4.69, 9.17) is 4.74 Å². The number of carboxylic acid groups (broad SMARTS) is 1. The minimum absolute atomic E-state index is 0.155. The van der Waals surface area contributed by atoms with Crippen LogP contribution in [-0.2, 0) is 9.59 Å². The van der Waals surface area contributed by atoms with Crippen molar-refractivity contribution in [3.8, 4) is 22.8 Å². The molecule has 0 spiro atoms. The average Bonchev–Trinajstić information content (AvgIpc) is 2.74. The Labute approximate surface area is 189 Å². The second-order valence-corrected chi connectivity index (χ2v) is 8.00. The lowest BCUT2D eigenvalue weighted by Crippen LogP contribution is -2.49. The van der Waals surface area contributed by atoms with Gasteiger partial charge in [0.1, 0.15) is 11.9 Å². The van der Waals surface area contributed by atoms with Gasteiger partial charge in [-0.15, -0.1) is 0 Å². The van der Waals surface area contributed by atoms with Gasteiger partial charge in [-0.3, -0.25) is 4.79 Å². The zero-order chi connectivity index (χ0) is 24.4. The molecule has 2 aromatic carbocycles. The third kappa shape index (κ3) is 4.87. The third-order valence-electron chi connectivity index (χ3n) is 5.15. The Morgan fingerprint density at radius 2 is 1.70 bits per heavy atom. The first-order valence-electron chi connectivity index (χ1n) is 10.3. The van der Waals surface area contributed by atoms with Crippen LogP contribution in [0.2, 0.25) is 0 Å². The summed E-state index contributed by atoms with van der Waals surface area (Å²) in [4.78, 5) is 27.6. The van der Waals surface area contributed by atoms with E-state index in [-0.39, 0.29) is 17.2 Å². The molecule has 0 aliphatic heterocycles. The Morgan fingerprint density at radius 1 is 1.06 bits per heavy atom. The third-order valence-corrected chi connectivity index (χ3v) is 5.15. The Kier molecular flexibility index (Phi) is 6.81. The van der Waals surface area contributed by atoms with Gasteiger partial charge in [-0.05, 0) is 48.1 Å². The number of fused-ring (bicyclic) bond motifs is 1. The number of benzene rings is 2. The van der Waals surface area contributed by atoms with Gasteiger partial charge in [-0.2, -0.15) is 0 Å². The van der Waals surface area contributed by atoms with Crippen molar-refractivity contribution in [3.63, 3.8) is 0 Å². The monoisotopic (exact) mass is 458 g/mol. The van der Waals surface area contributed by atoms with Crippen LogP contribution in [0.15, 0.2) is 36.4 Å². The number of phenols is 1. The molecule has 0 aliphatic carbocycles. The molecule has 1 amide bonds. The van der Waals surface area contributed by atoms with E-state index in [1.54, 1.807) is 12.1 Å². The van der Waals surface area contributed by atoms with Crippen molar-refractivity contribution in [2.24, 2.45) is 0 Å². The summed E-state index contributed by atoms with van der Waals surface area (Å²) in [5, 5.41) is 22.0. The van der Waals surface area contributed by atoms with Crippen LogP contribution in [0, 0.1) is 11.6 Å². The zero-order valence-corrected chi connectivity index (χ0v) is 18.5. The number of carboxylic acids is 1. The normalized spacial score (nSPS) is 13.1. The van der Waals surface area contributed by atoms with E-state index in [0.717, 1.165) is 0 Å². The maximum Gasteiger partial charge on any atom is 0.330 e. The van der Waals surface area contributed by atoms with Gasteiger partial charge in [0.25, 0.3) is 0 Å². The summed E-state index contributed by atoms with van der Waals surface area (Å²) < 4.78 is 34.5. The SMILES string of the molecule is CC(=O)N[C@H](C(=O)O)[C@@H](C)Oc1nc(C(C)C)c(-c2ccc(F)cc2)c2ccc(O)c(F)c12. The Balaban J connectivity index is 2.27. The molecule has 3 N–H and O–H groups in total. The molecule has 3 aromatic rings.